The van der Waals surface area contributed by atoms with E-state index in [1.807, 2.05) is 60.7 Å². The van der Waals surface area contributed by atoms with Gasteiger partial charge in [-0.25, -0.2) is 4.98 Å². The predicted octanol–water partition coefficient (Wildman–Crippen LogP) is 6.54. The Balaban J connectivity index is 1.49. The molecule has 0 fully saturated rings. The number of rotatable bonds is 7. The zero-order chi connectivity index (χ0) is 22.6. The third-order valence-corrected chi connectivity index (χ3v) is 6.07. The van der Waals surface area contributed by atoms with Crippen molar-refractivity contribution in [2.45, 2.75) is 6.54 Å². The maximum atomic E-state index is 13.6. The minimum Gasteiger partial charge on any atom is -0.497 e. The second-order valence-corrected chi connectivity index (χ2v) is 8.25. The highest BCUT2D eigenvalue weighted by atomic mass is 32.1. The molecule has 3 aromatic carbocycles. The third kappa shape index (κ3) is 4.58. The first-order valence-corrected chi connectivity index (χ1v) is 11.1. The van der Waals surface area contributed by atoms with Crippen LogP contribution in [-0.2, 0) is 6.54 Å². The highest BCUT2D eigenvalue weighted by molar-refractivity contribution is 7.22. The zero-order valence-electron chi connectivity index (χ0n) is 17.8. The first-order chi connectivity index (χ1) is 16.2. The minimum atomic E-state index is -0.198. The van der Waals surface area contributed by atoms with Gasteiger partial charge in [-0.3, -0.25) is 9.69 Å². The molecule has 0 unspecified atom stereocenters. The molecule has 0 aliphatic rings. The Morgan fingerprint density at radius 1 is 0.939 bits per heavy atom. The van der Waals surface area contributed by atoms with Crippen molar-refractivity contribution in [1.29, 1.82) is 0 Å². The molecule has 0 bridgehead atoms. The summed E-state index contributed by atoms with van der Waals surface area (Å²) in [5.41, 5.74) is 1.26. The normalized spacial score (nSPS) is 10.8. The van der Waals surface area contributed by atoms with Crippen LogP contribution in [0.5, 0.6) is 17.2 Å². The van der Waals surface area contributed by atoms with Crippen LogP contribution in [0.1, 0.15) is 16.1 Å². The standard InChI is InChI=1S/C26H20N2O4S/c1-30-20-12-13-24-23(16-20)27-26(33-24)28(17-22-11-6-14-31-22)25(29)18-7-5-10-21(15-18)32-19-8-3-2-4-9-19/h2-16H,17H2,1H3. The molecule has 2 heterocycles. The van der Waals surface area contributed by atoms with Crippen molar-refractivity contribution >= 4 is 32.6 Å². The van der Waals surface area contributed by atoms with Gasteiger partial charge in [0.2, 0.25) is 0 Å². The molecule has 0 N–H and O–H groups in total. The molecule has 5 rings (SSSR count). The summed E-state index contributed by atoms with van der Waals surface area (Å²) in [4.78, 5) is 20.0. The summed E-state index contributed by atoms with van der Waals surface area (Å²) in [6, 6.07) is 25.9. The Kier molecular flexibility index (Phi) is 5.78. The molecule has 0 aliphatic heterocycles. The van der Waals surface area contributed by atoms with Crippen LogP contribution in [0, 0.1) is 0 Å². The lowest BCUT2D eigenvalue weighted by molar-refractivity contribution is 0.0983. The Labute approximate surface area is 194 Å². The first-order valence-electron chi connectivity index (χ1n) is 10.3. The topological polar surface area (TPSA) is 64.8 Å². The van der Waals surface area contributed by atoms with E-state index in [0.717, 1.165) is 10.2 Å². The monoisotopic (exact) mass is 456 g/mol. The quantitative estimate of drug-likeness (QED) is 0.278. The van der Waals surface area contributed by atoms with E-state index in [1.54, 1.807) is 42.5 Å². The summed E-state index contributed by atoms with van der Waals surface area (Å²) in [6.07, 6.45) is 1.59. The van der Waals surface area contributed by atoms with Gasteiger partial charge in [-0.2, -0.15) is 0 Å². The van der Waals surface area contributed by atoms with Crippen LogP contribution in [0.2, 0.25) is 0 Å². The fourth-order valence-electron chi connectivity index (χ4n) is 3.40. The number of hydrogen-bond donors (Lipinski definition) is 0. The number of methoxy groups -OCH3 is 1. The number of aromatic nitrogens is 1. The molecule has 33 heavy (non-hydrogen) atoms. The highest BCUT2D eigenvalue weighted by Crippen LogP contribution is 2.33. The number of fused-ring (bicyclic) bond motifs is 1. The Morgan fingerprint density at radius 2 is 1.79 bits per heavy atom. The number of hydrogen-bond acceptors (Lipinski definition) is 6. The number of anilines is 1. The van der Waals surface area contributed by atoms with Crippen LogP contribution >= 0.6 is 11.3 Å². The molecule has 164 valence electrons. The van der Waals surface area contributed by atoms with E-state index in [2.05, 4.69) is 0 Å². The third-order valence-electron chi connectivity index (χ3n) is 5.01. The number of carbonyl (C=O) groups excluding carboxylic acids is 1. The van der Waals surface area contributed by atoms with Crippen LogP contribution in [0.15, 0.2) is 95.6 Å². The second kappa shape index (κ2) is 9.18. The fourth-order valence-corrected chi connectivity index (χ4v) is 4.34. The molecular formula is C26H20N2O4S. The summed E-state index contributed by atoms with van der Waals surface area (Å²) >= 11 is 1.44. The van der Waals surface area contributed by atoms with E-state index in [0.29, 0.717) is 33.7 Å². The summed E-state index contributed by atoms with van der Waals surface area (Å²) in [5, 5.41) is 0.578. The molecule has 2 aromatic heterocycles. The molecule has 0 saturated heterocycles. The molecule has 0 saturated carbocycles. The number of nitrogens with zero attached hydrogens (tertiary/aromatic N) is 2. The lowest BCUT2D eigenvalue weighted by atomic mass is 10.2. The van der Waals surface area contributed by atoms with Gasteiger partial charge in [-0.1, -0.05) is 35.6 Å². The summed E-state index contributed by atoms with van der Waals surface area (Å²) in [6.45, 7) is 0.257. The maximum Gasteiger partial charge on any atom is 0.260 e. The van der Waals surface area contributed by atoms with E-state index >= 15 is 0 Å². The Hall–Kier alpha value is -4.10. The van der Waals surface area contributed by atoms with E-state index in [4.69, 9.17) is 18.9 Å². The van der Waals surface area contributed by atoms with Crippen LogP contribution in [0.4, 0.5) is 5.13 Å². The van der Waals surface area contributed by atoms with Gasteiger partial charge in [0.25, 0.3) is 5.91 Å². The maximum absolute atomic E-state index is 13.6. The van der Waals surface area contributed by atoms with Crippen molar-refractivity contribution in [3.63, 3.8) is 0 Å². The average molecular weight is 457 g/mol. The molecule has 0 radical (unpaired) electrons. The van der Waals surface area contributed by atoms with Crippen LogP contribution in [-0.4, -0.2) is 18.0 Å². The van der Waals surface area contributed by atoms with Crippen LogP contribution in [0.25, 0.3) is 10.2 Å². The van der Waals surface area contributed by atoms with Crippen molar-refractivity contribution in [2.75, 3.05) is 12.0 Å². The number of benzene rings is 3. The predicted molar refractivity (Wildman–Crippen MR) is 128 cm³/mol. The molecule has 5 aromatic rings. The van der Waals surface area contributed by atoms with Crippen molar-refractivity contribution in [2.24, 2.45) is 0 Å². The highest BCUT2D eigenvalue weighted by Gasteiger charge is 2.23. The number of ether oxygens (including phenoxy) is 2. The second-order valence-electron chi connectivity index (χ2n) is 7.24. The number of carbonyl (C=O) groups is 1. The summed E-state index contributed by atoms with van der Waals surface area (Å²) in [5.74, 6) is 2.47. The fraction of sp³-hybridized carbons (Fsp3) is 0.0769. The van der Waals surface area contributed by atoms with Crippen molar-refractivity contribution in [1.82, 2.24) is 4.98 Å². The van der Waals surface area contributed by atoms with Gasteiger partial charge >= 0.3 is 0 Å². The minimum absolute atomic E-state index is 0.198. The summed E-state index contributed by atoms with van der Waals surface area (Å²) < 4.78 is 17.7. The van der Waals surface area contributed by atoms with Gasteiger partial charge in [0, 0.05) is 11.6 Å². The molecular weight excluding hydrogens is 436 g/mol. The van der Waals surface area contributed by atoms with Gasteiger partial charge in [0.05, 0.1) is 30.1 Å². The smallest absolute Gasteiger partial charge is 0.260 e. The molecule has 6 nitrogen and oxygen atoms in total. The van der Waals surface area contributed by atoms with Crippen LogP contribution < -0.4 is 14.4 Å². The number of thiazole rings is 1. The van der Waals surface area contributed by atoms with Crippen LogP contribution in [0.3, 0.4) is 0 Å². The van der Waals surface area contributed by atoms with Gasteiger partial charge in [0.1, 0.15) is 23.0 Å². The molecule has 0 atom stereocenters. The SMILES string of the molecule is COc1ccc2sc(N(Cc3ccco3)C(=O)c3cccc(Oc4ccccc4)c3)nc2c1. The van der Waals surface area contributed by atoms with Gasteiger partial charge in [-0.05, 0) is 54.6 Å². The van der Waals surface area contributed by atoms with Crippen molar-refractivity contribution < 1.29 is 18.7 Å². The van der Waals surface area contributed by atoms with E-state index in [-0.39, 0.29) is 12.5 Å². The van der Waals surface area contributed by atoms with E-state index in [9.17, 15) is 4.79 Å². The average Bonchev–Trinajstić information content (AvgIpc) is 3.52. The zero-order valence-corrected chi connectivity index (χ0v) is 18.6. The van der Waals surface area contributed by atoms with Crippen molar-refractivity contribution in [3.05, 3.63) is 103 Å². The lowest BCUT2D eigenvalue weighted by Crippen LogP contribution is -2.30. The Morgan fingerprint density at radius 3 is 2.58 bits per heavy atom. The number of furan rings is 1. The Bertz CT molecular complexity index is 1380. The number of amides is 1. The van der Waals surface area contributed by atoms with E-state index < -0.39 is 0 Å². The first kappa shape index (κ1) is 20.8. The lowest BCUT2D eigenvalue weighted by Gasteiger charge is -2.19. The largest absolute Gasteiger partial charge is 0.497 e. The van der Waals surface area contributed by atoms with Crippen molar-refractivity contribution in [3.8, 4) is 17.2 Å². The van der Waals surface area contributed by atoms with Gasteiger partial charge < -0.3 is 13.9 Å². The number of para-hydroxylation sites is 1. The molecule has 7 heteroatoms. The summed E-state index contributed by atoms with van der Waals surface area (Å²) in [7, 11) is 1.62. The van der Waals surface area contributed by atoms with Gasteiger partial charge in [0.15, 0.2) is 5.13 Å². The molecule has 0 spiro atoms. The van der Waals surface area contributed by atoms with E-state index in [1.165, 1.54) is 11.3 Å². The molecule has 1 amide bonds. The molecule has 0 aliphatic carbocycles. The van der Waals surface area contributed by atoms with Gasteiger partial charge in [-0.15, -0.1) is 0 Å².